The second-order valence-corrected chi connectivity index (χ2v) is 3.31. The summed E-state index contributed by atoms with van der Waals surface area (Å²) in [6.07, 6.45) is 3.82. The van der Waals surface area contributed by atoms with Crippen molar-refractivity contribution in [3.05, 3.63) is 54.3 Å². The molecule has 0 unspecified atom stereocenters. The molecule has 92 valence electrons. The summed E-state index contributed by atoms with van der Waals surface area (Å²) < 4.78 is 33.7. The predicted octanol–water partition coefficient (Wildman–Crippen LogP) is 2.77. The van der Waals surface area contributed by atoms with Gasteiger partial charge in [-0.15, -0.1) is 0 Å². The molecule has 2 heterocycles. The fraction of sp³-hybridized carbons (Fsp3) is 0. The minimum Gasteiger partial charge on any atom is -0.503 e. The second-order valence-electron chi connectivity index (χ2n) is 3.31. The Morgan fingerprint density at radius 3 is 2.78 bits per heavy atom. The molecule has 2 rings (SSSR count). The number of hydrogen-bond acceptors (Lipinski definition) is 3. The summed E-state index contributed by atoms with van der Waals surface area (Å²) in [5.74, 6) is -0.737. The molecule has 4 nitrogen and oxygen atoms in total. The zero-order valence-electron chi connectivity index (χ0n) is 9.10. The van der Waals surface area contributed by atoms with Gasteiger partial charge < -0.3 is 14.1 Å². The van der Waals surface area contributed by atoms with Crippen LogP contribution in [0.1, 0.15) is 16.2 Å². The molecular weight excluding hydrogens is 243 g/mol. The summed E-state index contributed by atoms with van der Waals surface area (Å²) in [6.45, 7) is 0. The van der Waals surface area contributed by atoms with Crippen LogP contribution in [0.3, 0.4) is 0 Å². The minimum atomic E-state index is -3.01. The maximum absolute atomic E-state index is 12.3. The van der Waals surface area contributed by atoms with Crippen LogP contribution in [0.15, 0.2) is 47.2 Å². The van der Waals surface area contributed by atoms with Crippen LogP contribution in [0.2, 0.25) is 0 Å². The van der Waals surface area contributed by atoms with Gasteiger partial charge in [-0.05, 0) is 24.3 Å². The molecule has 0 bridgehead atoms. The molecule has 1 N–H and O–H groups in total. The highest BCUT2D eigenvalue weighted by atomic mass is 19.2. The van der Waals surface area contributed by atoms with Crippen molar-refractivity contribution >= 4 is 19.0 Å². The Hall–Kier alpha value is -2.31. The molecule has 7 heteroatoms. The van der Waals surface area contributed by atoms with Gasteiger partial charge in [0.15, 0.2) is 5.76 Å². The fourth-order valence-corrected chi connectivity index (χ4v) is 1.36. The third kappa shape index (κ3) is 2.88. The van der Waals surface area contributed by atoms with Crippen LogP contribution in [0.4, 0.5) is 8.63 Å². The van der Waals surface area contributed by atoms with Gasteiger partial charge in [-0.1, -0.05) is 0 Å². The van der Waals surface area contributed by atoms with E-state index >= 15 is 0 Å². The molecule has 2 aromatic rings. The van der Waals surface area contributed by atoms with Crippen LogP contribution in [0, 0.1) is 0 Å². The Balaban J connectivity index is 2.26. The fourth-order valence-electron chi connectivity index (χ4n) is 1.36. The summed E-state index contributed by atoms with van der Waals surface area (Å²) >= 11 is 0. The standard InChI is InChI=1S/C11H8BF2NO3/c13-12(14)18-11(8-3-1-5-15-8)7-9(16)10-4-2-6-17-10/h1-7,15H/b11-7+. The number of aromatic nitrogens is 1. The van der Waals surface area contributed by atoms with E-state index in [2.05, 4.69) is 9.64 Å². The van der Waals surface area contributed by atoms with Gasteiger partial charge in [0.2, 0.25) is 5.78 Å². The summed E-state index contributed by atoms with van der Waals surface area (Å²) in [6, 6.07) is 6.09. The Labute approximate surface area is 101 Å². The molecule has 0 aliphatic rings. The molecule has 2 aromatic heterocycles. The zero-order valence-corrected chi connectivity index (χ0v) is 9.10. The van der Waals surface area contributed by atoms with E-state index in [1.54, 1.807) is 6.07 Å². The molecule has 0 fully saturated rings. The average Bonchev–Trinajstić information content (AvgIpc) is 3.01. The lowest BCUT2D eigenvalue weighted by atomic mass is 10.2. The van der Waals surface area contributed by atoms with Gasteiger partial charge in [0.25, 0.3) is 0 Å². The number of H-pyrrole nitrogens is 1. The molecular formula is C11H8BF2NO3. The smallest absolute Gasteiger partial charge is 0.503 e. The first-order valence-corrected chi connectivity index (χ1v) is 5.05. The number of furan rings is 1. The molecule has 0 saturated carbocycles. The number of hydrogen-bond donors (Lipinski definition) is 1. The number of carbonyl (C=O) groups excluding carboxylic acids is 1. The summed E-state index contributed by atoms with van der Waals surface area (Å²) in [5.41, 5.74) is 0.287. The van der Waals surface area contributed by atoms with Gasteiger partial charge in [-0.3, -0.25) is 4.79 Å². The van der Waals surface area contributed by atoms with Crippen molar-refractivity contribution in [2.75, 3.05) is 0 Å². The first-order chi connectivity index (χ1) is 8.66. The Bertz CT molecular complexity index is 535. The lowest BCUT2D eigenvalue weighted by molar-refractivity contribution is 0.102. The largest absolute Gasteiger partial charge is 0.796 e. The van der Waals surface area contributed by atoms with Gasteiger partial charge in [-0.25, -0.2) is 8.63 Å². The van der Waals surface area contributed by atoms with Gasteiger partial charge in [0.05, 0.1) is 12.0 Å². The third-order valence-corrected chi connectivity index (χ3v) is 2.11. The van der Waals surface area contributed by atoms with Gasteiger partial charge in [0, 0.05) is 12.3 Å². The Morgan fingerprint density at radius 1 is 1.39 bits per heavy atom. The number of nitrogens with one attached hydrogen (secondary N) is 1. The molecule has 0 aromatic carbocycles. The first-order valence-electron chi connectivity index (χ1n) is 5.05. The number of carbonyl (C=O) groups is 1. The van der Waals surface area contributed by atoms with Crippen LogP contribution in [-0.2, 0) is 4.65 Å². The molecule has 0 aliphatic heterocycles. The highest BCUT2D eigenvalue weighted by molar-refractivity contribution is 6.36. The summed E-state index contributed by atoms with van der Waals surface area (Å²) in [5, 5.41) is 0. The second kappa shape index (κ2) is 5.35. The predicted molar refractivity (Wildman–Crippen MR) is 60.9 cm³/mol. The van der Waals surface area contributed by atoms with Crippen molar-refractivity contribution in [1.82, 2.24) is 4.98 Å². The van der Waals surface area contributed by atoms with Crippen molar-refractivity contribution in [1.29, 1.82) is 0 Å². The molecule has 18 heavy (non-hydrogen) atoms. The van der Waals surface area contributed by atoms with E-state index in [9.17, 15) is 13.4 Å². The van der Waals surface area contributed by atoms with Crippen molar-refractivity contribution in [2.45, 2.75) is 0 Å². The SMILES string of the molecule is O=C(/C=C(/OB(F)F)c1ccc[nH]1)c1ccco1. The summed E-state index contributed by atoms with van der Waals surface area (Å²) in [7, 11) is -3.01. The Kier molecular flexibility index (Phi) is 3.61. The van der Waals surface area contributed by atoms with Crippen LogP contribution >= 0.6 is 0 Å². The van der Waals surface area contributed by atoms with Crippen LogP contribution in [-0.4, -0.2) is 18.2 Å². The number of rotatable bonds is 5. The number of allylic oxidation sites excluding steroid dienone is 1. The minimum absolute atomic E-state index is 0.0527. The van der Waals surface area contributed by atoms with E-state index in [-0.39, 0.29) is 17.2 Å². The topological polar surface area (TPSA) is 55.2 Å². The van der Waals surface area contributed by atoms with Crippen molar-refractivity contribution in [3.8, 4) is 0 Å². The number of ketones is 1. The summed E-state index contributed by atoms with van der Waals surface area (Å²) in [4.78, 5) is 14.4. The van der Waals surface area contributed by atoms with Crippen LogP contribution < -0.4 is 0 Å². The number of halogens is 2. The monoisotopic (exact) mass is 251 g/mol. The number of aromatic amines is 1. The quantitative estimate of drug-likeness (QED) is 0.384. The van der Waals surface area contributed by atoms with Crippen molar-refractivity contribution in [3.63, 3.8) is 0 Å². The maximum Gasteiger partial charge on any atom is 0.796 e. The highest BCUT2D eigenvalue weighted by Crippen LogP contribution is 2.17. The van der Waals surface area contributed by atoms with Crippen molar-refractivity contribution < 1.29 is 22.5 Å². The highest BCUT2D eigenvalue weighted by Gasteiger charge is 2.22. The normalized spacial score (nSPS) is 11.3. The van der Waals surface area contributed by atoms with Crippen LogP contribution in [0.25, 0.3) is 5.76 Å². The third-order valence-electron chi connectivity index (χ3n) is 2.11. The molecule has 0 spiro atoms. The van der Waals surface area contributed by atoms with E-state index in [0.29, 0.717) is 0 Å². The van der Waals surface area contributed by atoms with E-state index in [0.717, 1.165) is 6.08 Å². The lowest BCUT2D eigenvalue weighted by Gasteiger charge is -2.05. The maximum atomic E-state index is 12.3. The van der Waals surface area contributed by atoms with E-state index in [1.807, 2.05) is 0 Å². The van der Waals surface area contributed by atoms with E-state index in [1.165, 1.54) is 30.7 Å². The molecule has 0 aliphatic carbocycles. The Morgan fingerprint density at radius 2 is 2.22 bits per heavy atom. The molecule has 0 radical (unpaired) electrons. The average molecular weight is 251 g/mol. The van der Waals surface area contributed by atoms with Gasteiger partial charge in [-0.2, -0.15) is 0 Å². The molecule has 0 atom stereocenters. The van der Waals surface area contributed by atoms with Crippen LogP contribution in [0.5, 0.6) is 0 Å². The lowest BCUT2D eigenvalue weighted by Crippen LogP contribution is -2.06. The van der Waals surface area contributed by atoms with E-state index < -0.39 is 13.3 Å². The molecule has 0 amide bonds. The first kappa shape index (κ1) is 12.2. The van der Waals surface area contributed by atoms with Gasteiger partial charge >= 0.3 is 7.47 Å². The zero-order chi connectivity index (χ0) is 13.0. The van der Waals surface area contributed by atoms with Crippen molar-refractivity contribution in [2.24, 2.45) is 0 Å². The van der Waals surface area contributed by atoms with Gasteiger partial charge in [0.1, 0.15) is 5.76 Å². The van der Waals surface area contributed by atoms with E-state index in [4.69, 9.17) is 4.42 Å². The molecule has 0 saturated heterocycles.